The van der Waals surface area contributed by atoms with Crippen LogP contribution in [0.3, 0.4) is 0 Å². The molecule has 6 heteroatoms. The first-order valence-electron chi connectivity index (χ1n) is 8.82. The second kappa shape index (κ2) is 7.90. The Balaban J connectivity index is 1.58. The number of fused-ring (bicyclic) bond motifs is 1. The first-order valence-corrected chi connectivity index (χ1v) is 9.58. The summed E-state index contributed by atoms with van der Waals surface area (Å²) in [6.07, 6.45) is 1.66. The Morgan fingerprint density at radius 1 is 1.10 bits per heavy atom. The fourth-order valence-electron chi connectivity index (χ4n) is 3.07. The molecule has 1 heterocycles. The predicted octanol–water partition coefficient (Wildman–Crippen LogP) is 6.64. The fraction of sp³-hybridized carbons (Fsp3) is 0.0870. The van der Waals surface area contributed by atoms with Crippen molar-refractivity contribution in [1.29, 1.82) is 0 Å². The highest BCUT2D eigenvalue weighted by Gasteiger charge is 2.30. The number of ether oxygens (including phenoxy) is 2. The number of benzene rings is 3. The smallest absolute Gasteiger partial charge is 0.231 e. The summed E-state index contributed by atoms with van der Waals surface area (Å²) in [6, 6.07) is 14.7. The van der Waals surface area contributed by atoms with Crippen LogP contribution in [0.1, 0.15) is 27.0 Å². The molecule has 0 amide bonds. The summed E-state index contributed by atoms with van der Waals surface area (Å²) in [7, 11) is 0. The van der Waals surface area contributed by atoms with Gasteiger partial charge in [-0.1, -0.05) is 41.4 Å². The van der Waals surface area contributed by atoms with Crippen LogP contribution in [0, 0.1) is 12.7 Å². The lowest BCUT2D eigenvalue weighted by Crippen LogP contribution is -1.99. The van der Waals surface area contributed by atoms with Crippen molar-refractivity contribution >= 4 is 35.1 Å². The van der Waals surface area contributed by atoms with Gasteiger partial charge in [-0.05, 0) is 55.0 Å². The van der Waals surface area contributed by atoms with Crippen LogP contribution in [0.4, 0.5) is 4.39 Å². The average Bonchev–Trinajstić information content (AvgIpc) is 2.99. The number of rotatable bonds is 4. The molecule has 0 radical (unpaired) electrons. The van der Waals surface area contributed by atoms with E-state index in [1.54, 1.807) is 42.5 Å². The van der Waals surface area contributed by atoms with Gasteiger partial charge in [-0.15, -0.1) is 0 Å². The highest BCUT2D eigenvalue weighted by atomic mass is 35.5. The second-order valence-electron chi connectivity index (χ2n) is 6.58. The van der Waals surface area contributed by atoms with E-state index in [0.717, 1.165) is 5.56 Å². The van der Waals surface area contributed by atoms with Gasteiger partial charge in [0.05, 0.1) is 10.6 Å². The summed E-state index contributed by atoms with van der Waals surface area (Å²) < 4.78 is 24.9. The summed E-state index contributed by atoms with van der Waals surface area (Å²) in [5, 5.41) is 0.871. The Morgan fingerprint density at radius 2 is 1.93 bits per heavy atom. The maximum absolute atomic E-state index is 13.2. The Hall–Kier alpha value is -2.82. The Bertz CT molecular complexity index is 1150. The highest BCUT2D eigenvalue weighted by Crippen LogP contribution is 2.39. The molecular formula is C23H15Cl2FO3. The number of ketones is 1. The van der Waals surface area contributed by atoms with Gasteiger partial charge < -0.3 is 9.47 Å². The summed E-state index contributed by atoms with van der Waals surface area (Å²) in [4.78, 5) is 12.7. The molecule has 0 bridgehead atoms. The van der Waals surface area contributed by atoms with E-state index in [9.17, 15) is 9.18 Å². The Morgan fingerprint density at radius 3 is 2.69 bits per heavy atom. The first kappa shape index (κ1) is 19.5. The van der Waals surface area contributed by atoms with E-state index in [0.29, 0.717) is 38.2 Å². The molecule has 4 rings (SSSR count). The van der Waals surface area contributed by atoms with Gasteiger partial charge in [-0.3, -0.25) is 4.79 Å². The van der Waals surface area contributed by atoms with Crippen molar-refractivity contribution in [3.05, 3.63) is 98.5 Å². The standard InChI is InChI=1S/C23H15Cl2FO3/c1-13-20(28-12-15-5-6-17(26)11-19(15)25)8-7-18-22(27)21(29-23(13)18)10-14-3-2-4-16(24)9-14/h2-11H,12H2,1H3/b21-10-. The third-order valence-corrected chi connectivity index (χ3v) is 5.17. The molecule has 0 N–H and O–H groups in total. The zero-order valence-corrected chi connectivity index (χ0v) is 16.9. The van der Waals surface area contributed by atoms with Crippen LogP contribution in [0.25, 0.3) is 6.08 Å². The quantitative estimate of drug-likeness (QED) is 0.437. The van der Waals surface area contributed by atoms with Crippen molar-refractivity contribution in [2.45, 2.75) is 13.5 Å². The molecule has 0 aliphatic carbocycles. The molecule has 146 valence electrons. The zero-order valence-electron chi connectivity index (χ0n) is 15.3. The molecule has 3 nitrogen and oxygen atoms in total. The Labute approximate surface area is 177 Å². The zero-order chi connectivity index (χ0) is 20.5. The molecule has 0 atom stereocenters. The third kappa shape index (κ3) is 4.00. The second-order valence-corrected chi connectivity index (χ2v) is 7.43. The third-order valence-electron chi connectivity index (χ3n) is 4.58. The summed E-state index contributed by atoms with van der Waals surface area (Å²) in [5.74, 6) is 0.644. The number of carbonyl (C=O) groups is 1. The van der Waals surface area contributed by atoms with Crippen molar-refractivity contribution in [2.24, 2.45) is 0 Å². The van der Waals surface area contributed by atoms with Crippen LogP contribution >= 0.6 is 23.2 Å². The molecule has 1 aliphatic heterocycles. The number of hydrogen-bond donors (Lipinski definition) is 0. The van der Waals surface area contributed by atoms with Gasteiger partial charge in [0.25, 0.3) is 0 Å². The van der Waals surface area contributed by atoms with Crippen molar-refractivity contribution < 1.29 is 18.7 Å². The van der Waals surface area contributed by atoms with Crippen LogP contribution in [0.2, 0.25) is 10.0 Å². The van der Waals surface area contributed by atoms with E-state index in [4.69, 9.17) is 32.7 Å². The van der Waals surface area contributed by atoms with Gasteiger partial charge in [0.1, 0.15) is 23.9 Å². The van der Waals surface area contributed by atoms with Crippen LogP contribution in [0.5, 0.6) is 11.5 Å². The molecule has 0 unspecified atom stereocenters. The molecule has 0 fully saturated rings. The van der Waals surface area contributed by atoms with E-state index in [1.165, 1.54) is 12.1 Å². The van der Waals surface area contributed by atoms with E-state index in [2.05, 4.69) is 0 Å². The maximum atomic E-state index is 13.2. The van der Waals surface area contributed by atoms with Gasteiger partial charge in [0, 0.05) is 16.1 Å². The molecular weight excluding hydrogens is 414 g/mol. The molecule has 0 saturated carbocycles. The average molecular weight is 429 g/mol. The molecule has 0 saturated heterocycles. The summed E-state index contributed by atoms with van der Waals surface area (Å²) >= 11 is 12.1. The minimum Gasteiger partial charge on any atom is -0.488 e. The lowest BCUT2D eigenvalue weighted by Gasteiger charge is -2.12. The molecule has 3 aromatic rings. The van der Waals surface area contributed by atoms with Crippen molar-refractivity contribution in [2.75, 3.05) is 0 Å². The van der Waals surface area contributed by atoms with Gasteiger partial charge in [0.2, 0.25) is 5.78 Å². The lowest BCUT2D eigenvalue weighted by atomic mass is 10.1. The molecule has 1 aliphatic rings. The van der Waals surface area contributed by atoms with Crippen LogP contribution in [-0.4, -0.2) is 5.78 Å². The van der Waals surface area contributed by atoms with Crippen molar-refractivity contribution in [1.82, 2.24) is 0 Å². The van der Waals surface area contributed by atoms with Gasteiger partial charge >= 0.3 is 0 Å². The topological polar surface area (TPSA) is 35.5 Å². The monoisotopic (exact) mass is 428 g/mol. The number of Topliss-reactive ketones (excluding diaryl/α,β-unsaturated/α-hetero) is 1. The Kier molecular flexibility index (Phi) is 5.31. The minimum absolute atomic E-state index is 0.165. The molecule has 29 heavy (non-hydrogen) atoms. The van der Waals surface area contributed by atoms with Crippen LogP contribution in [-0.2, 0) is 6.61 Å². The molecule has 0 spiro atoms. The maximum Gasteiger partial charge on any atom is 0.231 e. The number of halogens is 3. The fourth-order valence-corrected chi connectivity index (χ4v) is 3.49. The number of carbonyl (C=O) groups excluding carboxylic acids is 1. The van der Waals surface area contributed by atoms with E-state index >= 15 is 0 Å². The van der Waals surface area contributed by atoms with E-state index in [1.807, 2.05) is 13.0 Å². The molecule has 3 aromatic carbocycles. The van der Waals surface area contributed by atoms with Crippen LogP contribution in [0.15, 0.2) is 60.4 Å². The number of hydrogen-bond acceptors (Lipinski definition) is 3. The van der Waals surface area contributed by atoms with Gasteiger partial charge in [-0.25, -0.2) is 4.39 Å². The van der Waals surface area contributed by atoms with E-state index < -0.39 is 5.82 Å². The molecule has 0 aromatic heterocycles. The minimum atomic E-state index is -0.404. The van der Waals surface area contributed by atoms with Crippen LogP contribution < -0.4 is 9.47 Å². The van der Waals surface area contributed by atoms with E-state index in [-0.39, 0.29) is 18.1 Å². The van der Waals surface area contributed by atoms with Crippen molar-refractivity contribution in [3.63, 3.8) is 0 Å². The summed E-state index contributed by atoms with van der Waals surface area (Å²) in [6.45, 7) is 1.98. The number of allylic oxidation sites excluding steroid dienone is 1. The summed E-state index contributed by atoms with van der Waals surface area (Å²) in [5.41, 5.74) is 2.60. The normalized spacial score (nSPS) is 14.1. The highest BCUT2D eigenvalue weighted by molar-refractivity contribution is 6.31. The van der Waals surface area contributed by atoms with Gasteiger partial charge in [-0.2, -0.15) is 0 Å². The first-order chi connectivity index (χ1) is 13.9. The SMILES string of the molecule is Cc1c(OCc2ccc(F)cc2Cl)ccc2c1O/C(=C\c1cccc(Cl)c1)C2=O. The predicted molar refractivity (Wildman–Crippen MR) is 111 cm³/mol. The largest absolute Gasteiger partial charge is 0.488 e. The van der Waals surface area contributed by atoms with Crippen molar-refractivity contribution in [3.8, 4) is 11.5 Å². The van der Waals surface area contributed by atoms with Gasteiger partial charge in [0.15, 0.2) is 5.76 Å². The lowest BCUT2D eigenvalue weighted by molar-refractivity contribution is 0.101.